The molecule has 31 heavy (non-hydrogen) atoms. The van der Waals surface area contributed by atoms with Gasteiger partial charge in [0.2, 0.25) is 0 Å². The van der Waals surface area contributed by atoms with E-state index in [0.717, 1.165) is 18.5 Å². The standard InChI is InChI=1S/C24H23N3O4/c1-14-21-19(4-3-5-20(21)28)27-22(14)24(30)26-16-8-6-15(7-9-16)23(29)25-17-10-12-18(31-2)13-11-17/h6-13,27H,3-5H2,1-2H3,(H,25,29)(H,26,30). The van der Waals surface area contributed by atoms with Crippen molar-refractivity contribution < 1.29 is 19.1 Å². The van der Waals surface area contributed by atoms with Gasteiger partial charge >= 0.3 is 0 Å². The quantitative estimate of drug-likeness (QED) is 0.574. The van der Waals surface area contributed by atoms with Crippen LogP contribution in [-0.4, -0.2) is 29.7 Å². The van der Waals surface area contributed by atoms with Gasteiger partial charge in [-0.3, -0.25) is 14.4 Å². The van der Waals surface area contributed by atoms with Gasteiger partial charge < -0.3 is 20.4 Å². The summed E-state index contributed by atoms with van der Waals surface area (Å²) in [5.74, 6) is 0.228. The average Bonchev–Trinajstić information content (AvgIpc) is 3.12. The predicted molar refractivity (Wildman–Crippen MR) is 118 cm³/mol. The number of ether oxygens (including phenoxy) is 1. The van der Waals surface area contributed by atoms with Crippen molar-refractivity contribution in [2.45, 2.75) is 26.2 Å². The first-order valence-corrected chi connectivity index (χ1v) is 10.1. The molecule has 1 aliphatic carbocycles. The highest BCUT2D eigenvalue weighted by molar-refractivity contribution is 6.09. The molecule has 7 heteroatoms. The molecular formula is C24H23N3O4. The van der Waals surface area contributed by atoms with E-state index >= 15 is 0 Å². The lowest BCUT2D eigenvalue weighted by Gasteiger charge is -2.09. The lowest BCUT2D eigenvalue weighted by Crippen LogP contribution is -2.15. The van der Waals surface area contributed by atoms with E-state index in [0.29, 0.717) is 45.9 Å². The maximum absolute atomic E-state index is 12.7. The maximum atomic E-state index is 12.7. The van der Waals surface area contributed by atoms with E-state index in [1.54, 1.807) is 62.6 Å². The molecule has 0 saturated heterocycles. The number of methoxy groups -OCH3 is 1. The predicted octanol–water partition coefficient (Wildman–Crippen LogP) is 4.36. The SMILES string of the molecule is COc1ccc(NC(=O)c2ccc(NC(=O)c3[nH]c4c(c3C)C(=O)CCC4)cc2)cc1. The number of aromatic nitrogens is 1. The smallest absolute Gasteiger partial charge is 0.272 e. The van der Waals surface area contributed by atoms with Crippen molar-refractivity contribution in [3.05, 3.63) is 76.6 Å². The van der Waals surface area contributed by atoms with Gasteiger partial charge in [-0.1, -0.05) is 0 Å². The molecule has 0 atom stereocenters. The van der Waals surface area contributed by atoms with Crippen LogP contribution in [0.15, 0.2) is 48.5 Å². The second kappa shape index (κ2) is 8.47. The number of aromatic amines is 1. The Kier molecular flexibility index (Phi) is 5.58. The summed E-state index contributed by atoms with van der Waals surface area (Å²) in [6.45, 7) is 1.79. The fourth-order valence-electron chi connectivity index (χ4n) is 3.78. The van der Waals surface area contributed by atoms with Crippen LogP contribution in [0.5, 0.6) is 5.75 Å². The molecule has 0 bridgehead atoms. The number of Topliss-reactive ketones (excluding diaryl/α,β-unsaturated/α-hetero) is 1. The Morgan fingerprint density at radius 2 is 1.52 bits per heavy atom. The summed E-state index contributed by atoms with van der Waals surface area (Å²) in [5.41, 5.74) is 4.26. The first-order valence-electron chi connectivity index (χ1n) is 10.1. The molecule has 0 fully saturated rings. The number of H-pyrrole nitrogens is 1. The second-order valence-electron chi connectivity index (χ2n) is 7.47. The second-order valence-corrected chi connectivity index (χ2v) is 7.47. The van der Waals surface area contributed by atoms with Gasteiger partial charge in [-0.25, -0.2) is 0 Å². The van der Waals surface area contributed by atoms with Crippen LogP contribution in [0.1, 0.15) is 55.3 Å². The molecule has 0 aliphatic heterocycles. The summed E-state index contributed by atoms with van der Waals surface area (Å²) in [7, 11) is 1.58. The largest absolute Gasteiger partial charge is 0.497 e. The van der Waals surface area contributed by atoms with E-state index in [1.165, 1.54) is 0 Å². The van der Waals surface area contributed by atoms with Crippen LogP contribution < -0.4 is 15.4 Å². The highest BCUT2D eigenvalue weighted by atomic mass is 16.5. The topological polar surface area (TPSA) is 100 Å². The summed E-state index contributed by atoms with van der Waals surface area (Å²) >= 11 is 0. The number of amides is 2. The number of ketones is 1. The molecule has 3 aromatic rings. The molecule has 0 unspecified atom stereocenters. The number of aryl methyl sites for hydroxylation is 1. The van der Waals surface area contributed by atoms with Crippen molar-refractivity contribution in [2.24, 2.45) is 0 Å². The third-order valence-electron chi connectivity index (χ3n) is 5.42. The Bertz CT molecular complexity index is 1140. The first-order chi connectivity index (χ1) is 15.0. The van der Waals surface area contributed by atoms with Crippen LogP contribution in [0.2, 0.25) is 0 Å². The van der Waals surface area contributed by atoms with Gasteiger partial charge in [0.15, 0.2) is 5.78 Å². The van der Waals surface area contributed by atoms with E-state index in [9.17, 15) is 14.4 Å². The summed E-state index contributed by atoms with van der Waals surface area (Å²) in [6, 6.07) is 13.7. The summed E-state index contributed by atoms with van der Waals surface area (Å²) in [4.78, 5) is 40.5. The number of hydrogen-bond donors (Lipinski definition) is 3. The molecule has 2 aromatic carbocycles. The average molecular weight is 417 g/mol. The Morgan fingerprint density at radius 1 is 0.903 bits per heavy atom. The van der Waals surface area contributed by atoms with Crippen LogP contribution in [0.4, 0.5) is 11.4 Å². The lowest BCUT2D eigenvalue weighted by atomic mass is 9.94. The van der Waals surface area contributed by atoms with Crippen molar-refractivity contribution in [1.82, 2.24) is 4.98 Å². The molecular weight excluding hydrogens is 394 g/mol. The van der Waals surface area contributed by atoms with Gasteiger partial charge in [0, 0.05) is 34.6 Å². The number of benzene rings is 2. The Hall–Kier alpha value is -3.87. The molecule has 7 nitrogen and oxygen atoms in total. The minimum atomic E-state index is -0.310. The van der Waals surface area contributed by atoms with Crippen molar-refractivity contribution in [1.29, 1.82) is 0 Å². The number of carbonyl (C=O) groups is 3. The minimum Gasteiger partial charge on any atom is -0.497 e. The zero-order valence-corrected chi connectivity index (χ0v) is 17.4. The number of rotatable bonds is 5. The number of nitrogens with one attached hydrogen (secondary N) is 3. The van der Waals surface area contributed by atoms with Crippen LogP contribution in [-0.2, 0) is 6.42 Å². The number of anilines is 2. The van der Waals surface area contributed by atoms with Gasteiger partial charge in [0.1, 0.15) is 11.4 Å². The zero-order chi connectivity index (χ0) is 22.0. The molecule has 2 amide bonds. The van der Waals surface area contributed by atoms with Gasteiger partial charge in [0.25, 0.3) is 11.8 Å². The number of hydrogen-bond acceptors (Lipinski definition) is 4. The van der Waals surface area contributed by atoms with Crippen molar-refractivity contribution in [3.63, 3.8) is 0 Å². The zero-order valence-electron chi connectivity index (χ0n) is 17.4. The number of fused-ring (bicyclic) bond motifs is 1. The Labute approximate surface area is 179 Å². The van der Waals surface area contributed by atoms with Crippen LogP contribution in [0.25, 0.3) is 0 Å². The molecule has 4 rings (SSSR count). The monoisotopic (exact) mass is 417 g/mol. The van der Waals surface area contributed by atoms with Gasteiger partial charge in [-0.2, -0.15) is 0 Å². The van der Waals surface area contributed by atoms with Gasteiger partial charge in [0.05, 0.1) is 7.11 Å². The van der Waals surface area contributed by atoms with E-state index in [2.05, 4.69) is 15.6 Å². The summed E-state index contributed by atoms with van der Waals surface area (Å²) < 4.78 is 5.11. The minimum absolute atomic E-state index is 0.0845. The van der Waals surface area contributed by atoms with Crippen molar-refractivity contribution >= 4 is 29.0 Å². The van der Waals surface area contributed by atoms with Gasteiger partial charge in [-0.15, -0.1) is 0 Å². The fourth-order valence-corrected chi connectivity index (χ4v) is 3.78. The van der Waals surface area contributed by atoms with E-state index in [-0.39, 0.29) is 17.6 Å². The Balaban J connectivity index is 1.43. The molecule has 1 aliphatic rings. The molecule has 0 radical (unpaired) electrons. The molecule has 158 valence electrons. The van der Waals surface area contributed by atoms with Crippen molar-refractivity contribution in [3.8, 4) is 5.75 Å². The molecule has 1 heterocycles. The van der Waals surface area contributed by atoms with Crippen LogP contribution in [0.3, 0.4) is 0 Å². The normalized spacial score (nSPS) is 12.8. The Morgan fingerprint density at radius 3 is 2.13 bits per heavy atom. The lowest BCUT2D eigenvalue weighted by molar-refractivity contribution is 0.0970. The summed E-state index contributed by atoms with van der Waals surface area (Å²) in [5, 5.41) is 5.64. The number of carbonyl (C=O) groups excluding carboxylic acids is 3. The molecule has 3 N–H and O–H groups in total. The van der Waals surface area contributed by atoms with E-state index in [1.807, 2.05) is 0 Å². The highest BCUT2D eigenvalue weighted by Crippen LogP contribution is 2.27. The van der Waals surface area contributed by atoms with E-state index in [4.69, 9.17) is 4.74 Å². The van der Waals surface area contributed by atoms with Crippen LogP contribution in [0, 0.1) is 6.92 Å². The molecule has 0 saturated carbocycles. The molecule has 1 aromatic heterocycles. The van der Waals surface area contributed by atoms with E-state index < -0.39 is 0 Å². The molecule has 0 spiro atoms. The fraction of sp³-hybridized carbons (Fsp3) is 0.208. The van der Waals surface area contributed by atoms with Crippen LogP contribution >= 0.6 is 0 Å². The highest BCUT2D eigenvalue weighted by Gasteiger charge is 2.26. The maximum Gasteiger partial charge on any atom is 0.272 e. The third-order valence-corrected chi connectivity index (χ3v) is 5.42. The van der Waals surface area contributed by atoms with Gasteiger partial charge in [-0.05, 0) is 73.9 Å². The first kappa shape index (κ1) is 20.4. The summed E-state index contributed by atoms with van der Waals surface area (Å²) in [6.07, 6.45) is 2.09. The van der Waals surface area contributed by atoms with Crippen molar-refractivity contribution in [2.75, 3.05) is 17.7 Å². The third kappa shape index (κ3) is 4.21.